The first-order valence-corrected chi connectivity index (χ1v) is 11.6. The molecule has 0 spiro atoms. The summed E-state index contributed by atoms with van der Waals surface area (Å²) in [5.41, 5.74) is 8.36. The van der Waals surface area contributed by atoms with Gasteiger partial charge in [-0.2, -0.15) is 0 Å². The van der Waals surface area contributed by atoms with E-state index < -0.39 is 11.9 Å². The van der Waals surface area contributed by atoms with Crippen LogP contribution < -0.4 is 0 Å². The Bertz CT molecular complexity index is 1660. The van der Waals surface area contributed by atoms with Gasteiger partial charge in [0.2, 0.25) is 0 Å². The molecule has 0 atom stereocenters. The molecular formula is C31H22O6. The third-order valence-electron chi connectivity index (χ3n) is 6.71. The first-order valence-electron chi connectivity index (χ1n) is 11.6. The molecule has 2 aliphatic rings. The molecule has 0 heterocycles. The van der Waals surface area contributed by atoms with E-state index >= 15 is 0 Å². The van der Waals surface area contributed by atoms with Crippen LogP contribution in [0.4, 0.5) is 0 Å². The van der Waals surface area contributed by atoms with Crippen LogP contribution in [0.3, 0.4) is 0 Å². The molecular weight excluding hydrogens is 468 g/mol. The molecule has 0 saturated heterocycles. The van der Waals surface area contributed by atoms with Crippen LogP contribution >= 0.6 is 0 Å². The van der Waals surface area contributed by atoms with Crippen molar-refractivity contribution >= 4 is 23.5 Å². The van der Waals surface area contributed by atoms with Gasteiger partial charge in [0.1, 0.15) is 0 Å². The number of benzene rings is 4. The lowest BCUT2D eigenvalue weighted by Crippen LogP contribution is -2.04. The molecule has 0 aliphatic heterocycles. The minimum Gasteiger partial charge on any atom is -0.478 e. The fourth-order valence-electron chi connectivity index (χ4n) is 5.10. The molecule has 0 fully saturated rings. The van der Waals surface area contributed by atoms with Crippen molar-refractivity contribution in [1.82, 2.24) is 0 Å². The van der Waals surface area contributed by atoms with Crippen LogP contribution in [0, 0.1) is 13.8 Å². The monoisotopic (exact) mass is 490 g/mol. The Morgan fingerprint density at radius 1 is 0.622 bits per heavy atom. The standard InChI is InChI=1S/C16H12O3.C15H10O3/c1-9-7-10(16(18)19-2)8-13-14(9)11-5-3-4-6-12(11)15(13)17;1-8-6-9(15(17)18)7-12-13(8)10-4-2-3-5-11(10)14(12)16/h3-8H,1-2H3;2-7H,1H3,(H,17,18). The van der Waals surface area contributed by atoms with Gasteiger partial charge < -0.3 is 9.84 Å². The topological polar surface area (TPSA) is 97.7 Å². The zero-order valence-electron chi connectivity index (χ0n) is 20.4. The number of ether oxygens (including phenoxy) is 1. The molecule has 6 nitrogen and oxygen atoms in total. The van der Waals surface area contributed by atoms with Gasteiger partial charge in [-0.1, -0.05) is 48.5 Å². The van der Waals surface area contributed by atoms with Gasteiger partial charge in [-0.3, -0.25) is 9.59 Å². The number of hydrogen-bond donors (Lipinski definition) is 1. The van der Waals surface area contributed by atoms with Crippen molar-refractivity contribution in [2.24, 2.45) is 0 Å². The summed E-state index contributed by atoms with van der Waals surface area (Å²) in [7, 11) is 1.33. The van der Waals surface area contributed by atoms with Gasteiger partial charge in [-0.25, -0.2) is 9.59 Å². The van der Waals surface area contributed by atoms with Crippen molar-refractivity contribution in [3.8, 4) is 22.3 Å². The highest BCUT2D eigenvalue weighted by atomic mass is 16.5. The normalized spacial score (nSPS) is 12.1. The summed E-state index contributed by atoms with van der Waals surface area (Å²) in [6, 6.07) is 21.3. The van der Waals surface area contributed by atoms with Crippen LogP contribution in [-0.4, -0.2) is 35.7 Å². The highest BCUT2D eigenvalue weighted by Crippen LogP contribution is 2.40. The van der Waals surface area contributed by atoms with E-state index in [0.29, 0.717) is 27.8 Å². The van der Waals surface area contributed by atoms with Gasteiger partial charge in [-0.15, -0.1) is 0 Å². The van der Waals surface area contributed by atoms with Gasteiger partial charge in [-0.05, 0) is 71.5 Å². The molecule has 1 N–H and O–H groups in total. The smallest absolute Gasteiger partial charge is 0.337 e. The minimum atomic E-state index is -1.01. The van der Waals surface area contributed by atoms with Gasteiger partial charge in [0, 0.05) is 22.3 Å². The fourth-order valence-corrected chi connectivity index (χ4v) is 5.10. The summed E-state index contributed by atoms with van der Waals surface area (Å²) in [4.78, 5) is 47.2. The number of fused-ring (bicyclic) bond motifs is 6. The van der Waals surface area contributed by atoms with Crippen LogP contribution in [0.2, 0.25) is 0 Å². The first kappa shape index (κ1) is 23.9. The van der Waals surface area contributed by atoms with E-state index in [1.54, 1.807) is 24.3 Å². The number of aromatic carboxylic acids is 1. The summed E-state index contributed by atoms with van der Waals surface area (Å²) in [5, 5.41) is 9.03. The number of carboxylic acids is 1. The Kier molecular flexibility index (Phi) is 5.80. The first-order chi connectivity index (χ1) is 17.7. The molecule has 0 radical (unpaired) electrons. The minimum absolute atomic E-state index is 0.0283. The molecule has 6 rings (SSSR count). The van der Waals surface area contributed by atoms with Crippen LogP contribution in [-0.2, 0) is 4.74 Å². The number of hydrogen-bond acceptors (Lipinski definition) is 5. The Balaban J connectivity index is 0.000000152. The molecule has 4 aromatic carbocycles. The van der Waals surface area contributed by atoms with E-state index in [0.717, 1.165) is 33.4 Å². The molecule has 4 aromatic rings. The number of carbonyl (C=O) groups excluding carboxylic acids is 3. The molecule has 2 aliphatic carbocycles. The number of methoxy groups -OCH3 is 1. The second kappa shape index (κ2) is 8.99. The Morgan fingerprint density at radius 2 is 1.03 bits per heavy atom. The molecule has 0 bridgehead atoms. The van der Waals surface area contributed by atoms with E-state index in [9.17, 15) is 19.2 Å². The number of aryl methyl sites for hydroxylation is 2. The lowest BCUT2D eigenvalue weighted by Gasteiger charge is -2.07. The lowest BCUT2D eigenvalue weighted by molar-refractivity contribution is 0.0599. The van der Waals surface area contributed by atoms with Crippen LogP contribution in [0.5, 0.6) is 0 Å². The highest BCUT2D eigenvalue weighted by Gasteiger charge is 2.30. The molecule has 0 amide bonds. The van der Waals surface area contributed by atoms with Crippen molar-refractivity contribution in [2.45, 2.75) is 13.8 Å². The quantitative estimate of drug-likeness (QED) is 0.304. The molecule has 0 aromatic heterocycles. The maximum atomic E-state index is 12.4. The van der Waals surface area contributed by atoms with Gasteiger partial charge in [0.05, 0.1) is 18.2 Å². The summed E-state index contributed by atoms with van der Waals surface area (Å²) in [6.45, 7) is 3.74. The van der Waals surface area contributed by atoms with Gasteiger partial charge in [0.25, 0.3) is 0 Å². The number of rotatable bonds is 2. The Morgan fingerprint density at radius 3 is 1.46 bits per heavy atom. The zero-order chi connectivity index (χ0) is 26.4. The predicted molar refractivity (Wildman–Crippen MR) is 138 cm³/mol. The summed E-state index contributed by atoms with van der Waals surface area (Å²) < 4.78 is 4.71. The maximum Gasteiger partial charge on any atom is 0.337 e. The molecule has 37 heavy (non-hydrogen) atoms. The van der Waals surface area contributed by atoms with Crippen molar-refractivity contribution in [3.05, 3.63) is 117 Å². The molecule has 6 heteroatoms. The number of carboxylic acid groups (broad SMARTS) is 1. The van der Waals surface area contributed by atoms with Crippen LogP contribution in [0.1, 0.15) is 63.7 Å². The number of carbonyl (C=O) groups is 4. The molecule has 182 valence electrons. The largest absolute Gasteiger partial charge is 0.478 e. The van der Waals surface area contributed by atoms with Crippen molar-refractivity contribution < 1.29 is 29.0 Å². The van der Waals surface area contributed by atoms with E-state index in [2.05, 4.69) is 0 Å². The summed E-state index contributed by atoms with van der Waals surface area (Å²) in [6.07, 6.45) is 0. The molecule has 0 saturated carbocycles. The van der Waals surface area contributed by atoms with E-state index in [-0.39, 0.29) is 17.1 Å². The molecule has 0 unspecified atom stereocenters. The SMILES string of the molecule is COC(=O)c1cc(C)c2c(c1)C(=O)c1ccccc1-2.Cc1cc(C(=O)O)cc2c1-c1ccccc1C2=O. The highest BCUT2D eigenvalue weighted by molar-refractivity contribution is 6.23. The zero-order valence-corrected chi connectivity index (χ0v) is 20.4. The number of ketones is 2. The predicted octanol–water partition coefficient (Wildman–Crippen LogP) is 5.90. The summed E-state index contributed by atoms with van der Waals surface area (Å²) >= 11 is 0. The second-order valence-corrected chi connectivity index (χ2v) is 8.98. The fraction of sp³-hybridized carbons (Fsp3) is 0.0968. The lowest BCUT2D eigenvalue weighted by atomic mass is 9.98. The van der Waals surface area contributed by atoms with Gasteiger partial charge in [0.15, 0.2) is 11.6 Å². The van der Waals surface area contributed by atoms with Crippen molar-refractivity contribution in [1.29, 1.82) is 0 Å². The van der Waals surface area contributed by atoms with E-state index in [1.165, 1.54) is 13.2 Å². The van der Waals surface area contributed by atoms with Gasteiger partial charge >= 0.3 is 11.9 Å². The van der Waals surface area contributed by atoms with Crippen molar-refractivity contribution in [2.75, 3.05) is 7.11 Å². The second-order valence-electron chi connectivity index (χ2n) is 8.98. The van der Waals surface area contributed by atoms with E-state index in [1.807, 2.05) is 56.3 Å². The van der Waals surface area contributed by atoms with E-state index in [4.69, 9.17) is 9.84 Å². The average molecular weight is 491 g/mol. The van der Waals surface area contributed by atoms with Crippen LogP contribution in [0.15, 0.2) is 72.8 Å². The third-order valence-corrected chi connectivity index (χ3v) is 6.71. The Labute approximate surface area is 213 Å². The third kappa shape index (κ3) is 3.83. The van der Waals surface area contributed by atoms with Crippen molar-refractivity contribution in [3.63, 3.8) is 0 Å². The number of esters is 1. The average Bonchev–Trinajstić information content (AvgIpc) is 3.36. The maximum absolute atomic E-state index is 12.4. The summed E-state index contributed by atoms with van der Waals surface area (Å²) in [5.74, 6) is -1.55. The van der Waals surface area contributed by atoms with Crippen LogP contribution in [0.25, 0.3) is 22.3 Å². The Hall–Kier alpha value is -4.84.